The number of nitrogens with zero attached hydrogens (tertiary/aromatic N) is 4. The van der Waals surface area contributed by atoms with Crippen LogP contribution in [0.3, 0.4) is 0 Å². The summed E-state index contributed by atoms with van der Waals surface area (Å²) in [7, 11) is 0. The number of carbonyl (C=O) groups excluding carboxylic acids is 2. The minimum Gasteiger partial charge on any atom is -0.440 e. The van der Waals surface area contributed by atoms with Crippen LogP contribution < -0.4 is 20.5 Å². The summed E-state index contributed by atoms with van der Waals surface area (Å²) < 4.78 is 34.3. The molecule has 9 rings (SSSR count). The van der Waals surface area contributed by atoms with Gasteiger partial charge in [0.05, 0.1) is 11.9 Å². The van der Waals surface area contributed by atoms with Crippen molar-refractivity contribution in [1.82, 2.24) is 24.8 Å². The molecule has 3 aromatic carbocycles. The standard InChI is InChI=1S/C42H42N6O7/c1-41(2)53-35-30(51-40(36(35)54-41)48-24-47-32-37(43)45-23-46-38(32)48)19-12-20-44-39(50)29-21-26(33(49)25-13-6-3-7-14-25)22-31-34(29)55-42(52-31,27-15-8-4-9-16-27)28-17-10-5-11-18-28/h4-5,8-12,15-19,21-25,30,35-36,40H,3,6-7,13-14,20H2,1-2H3,(H,44,50)(H2,43,45,46)/t30-,35?,36+,40-/m1/s1. The average Bonchev–Trinajstić information content (AvgIpc) is 3.98. The lowest BCUT2D eigenvalue weighted by atomic mass is 9.83. The zero-order valence-corrected chi connectivity index (χ0v) is 30.6. The van der Waals surface area contributed by atoms with E-state index in [1.807, 2.05) is 86.7 Å². The lowest BCUT2D eigenvalue weighted by molar-refractivity contribution is -0.191. The van der Waals surface area contributed by atoms with Crippen LogP contribution in [0.1, 0.15) is 84.0 Å². The molecular weight excluding hydrogens is 700 g/mol. The number of nitrogen functional groups attached to an aromatic ring is 1. The Morgan fingerprint density at radius 2 is 1.62 bits per heavy atom. The minimum atomic E-state index is -1.37. The smallest absolute Gasteiger partial charge is 0.305 e. The largest absolute Gasteiger partial charge is 0.440 e. The molecule has 2 aromatic heterocycles. The molecule has 5 aromatic rings. The van der Waals surface area contributed by atoms with E-state index < -0.39 is 42.0 Å². The Kier molecular flexibility index (Phi) is 8.87. The Morgan fingerprint density at radius 1 is 0.909 bits per heavy atom. The normalized spacial score (nSPS) is 24.0. The van der Waals surface area contributed by atoms with Gasteiger partial charge in [0.2, 0.25) is 0 Å². The fraction of sp³-hybridized carbons (Fsp3) is 0.357. The van der Waals surface area contributed by atoms with E-state index in [0.717, 1.165) is 43.2 Å². The fourth-order valence-electron chi connectivity index (χ4n) is 8.22. The molecule has 3 fully saturated rings. The quantitative estimate of drug-likeness (QED) is 0.130. The summed E-state index contributed by atoms with van der Waals surface area (Å²) in [5.74, 6) is -1.83. The van der Waals surface area contributed by atoms with Gasteiger partial charge in [-0.05, 0) is 38.8 Å². The number of nitrogens with one attached hydrogen (secondary N) is 1. The van der Waals surface area contributed by atoms with Crippen molar-refractivity contribution in [2.75, 3.05) is 12.3 Å². The summed E-state index contributed by atoms with van der Waals surface area (Å²) in [5, 5.41) is 3.00. The van der Waals surface area contributed by atoms with Crippen LogP contribution in [0.15, 0.2) is 97.6 Å². The van der Waals surface area contributed by atoms with Crippen LogP contribution in [-0.4, -0.2) is 61.9 Å². The van der Waals surface area contributed by atoms with Gasteiger partial charge >= 0.3 is 5.79 Å². The molecule has 2 saturated heterocycles. The number of nitrogens with two attached hydrogens (primary N) is 1. The summed E-state index contributed by atoms with van der Waals surface area (Å²) in [4.78, 5) is 40.9. The van der Waals surface area contributed by atoms with Gasteiger partial charge < -0.3 is 34.7 Å². The number of hydrogen-bond acceptors (Lipinski definition) is 11. The van der Waals surface area contributed by atoms with Crippen LogP contribution in [-0.2, 0) is 20.0 Å². The number of fused-ring (bicyclic) bond motifs is 3. The molecule has 4 atom stereocenters. The van der Waals surface area contributed by atoms with E-state index in [2.05, 4.69) is 20.3 Å². The number of anilines is 1. The first-order valence-corrected chi connectivity index (χ1v) is 18.8. The predicted molar refractivity (Wildman–Crippen MR) is 201 cm³/mol. The lowest BCUT2D eigenvalue weighted by Crippen LogP contribution is -2.37. The van der Waals surface area contributed by atoms with Gasteiger partial charge in [0.15, 0.2) is 40.8 Å². The van der Waals surface area contributed by atoms with Gasteiger partial charge in [-0.25, -0.2) is 15.0 Å². The molecule has 13 heteroatoms. The van der Waals surface area contributed by atoms with Crippen molar-refractivity contribution in [3.05, 3.63) is 120 Å². The monoisotopic (exact) mass is 742 g/mol. The van der Waals surface area contributed by atoms with E-state index in [1.54, 1.807) is 23.0 Å². The van der Waals surface area contributed by atoms with Crippen LogP contribution in [0.2, 0.25) is 0 Å². The highest BCUT2D eigenvalue weighted by Crippen LogP contribution is 2.50. The molecule has 1 amide bonds. The van der Waals surface area contributed by atoms with Crippen molar-refractivity contribution in [1.29, 1.82) is 0 Å². The third kappa shape index (κ3) is 6.31. The first-order valence-electron chi connectivity index (χ1n) is 18.8. The zero-order chi connectivity index (χ0) is 37.7. The maximum Gasteiger partial charge on any atom is 0.305 e. The van der Waals surface area contributed by atoms with Crippen LogP contribution >= 0.6 is 0 Å². The van der Waals surface area contributed by atoms with Crippen LogP contribution in [0.5, 0.6) is 11.5 Å². The summed E-state index contributed by atoms with van der Waals surface area (Å²) in [5.41, 5.74) is 9.19. The average molecular weight is 743 g/mol. The van der Waals surface area contributed by atoms with Crippen molar-refractivity contribution >= 4 is 28.7 Å². The number of aromatic nitrogens is 4. The number of amides is 1. The van der Waals surface area contributed by atoms with Crippen LogP contribution in [0, 0.1) is 5.92 Å². The summed E-state index contributed by atoms with van der Waals surface area (Å²) >= 11 is 0. The molecule has 4 aliphatic rings. The van der Waals surface area contributed by atoms with Gasteiger partial charge in [-0.2, -0.15) is 0 Å². The molecule has 13 nitrogen and oxygen atoms in total. The molecule has 0 spiro atoms. The predicted octanol–water partition coefficient (Wildman–Crippen LogP) is 6.25. The molecule has 1 unspecified atom stereocenters. The van der Waals surface area contributed by atoms with E-state index in [4.69, 9.17) is 29.4 Å². The lowest BCUT2D eigenvalue weighted by Gasteiger charge is -2.28. The molecule has 1 saturated carbocycles. The Hall–Kier alpha value is -5.63. The van der Waals surface area contributed by atoms with Gasteiger partial charge in [0, 0.05) is 29.2 Å². The molecule has 5 heterocycles. The van der Waals surface area contributed by atoms with Crippen LogP contribution in [0.4, 0.5) is 5.82 Å². The number of imidazole rings is 1. The van der Waals surface area contributed by atoms with Crippen molar-refractivity contribution < 1.29 is 33.3 Å². The van der Waals surface area contributed by atoms with Gasteiger partial charge in [-0.3, -0.25) is 14.2 Å². The first-order chi connectivity index (χ1) is 26.7. The van der Waals surface area contributed by atoms with E-state index in [1.165, 1.54) is 6.33 Å². The number of carbonyl (C=O) groups is 2. The second kappa shape index (κ2) is 13.9. The molecule has 1 aliphatic carbocycles. The number of hydrogen-bond donors (Lipinski definition) is 2. The van der Waals surface area contributed by atoms with Crippen LogP contribution in [0.25, 0.3) is 11.2 Å². The summed E-state index contributed by atoms with van der Waals surface area (Å²) in [6, 6.07) is 22.6. The number of ketones is 1. The second-order valence-corrected chi connectivity index (χ2v) is 14.9. The molecule has 0 radical (unpaired) electrons. The summed E-state index contributed by atoms with van der Waals surface area (Å²) in [6.07, 6.45) is 9.44. The second-order valence-electron chi connectivity index (χ2n) is 14.9. The molecule has 55 heavy (non-hydrogen) atoms. The molecule has 3 N–H and O–H groups in total. The SMILES string of the molecule is CC1(C)OC2[C@@H](C=CCNC(=O)c3cc(C(=O)C4CCCCC4)cc4c3OC(c3ccccc3)(c3ccccc3)O4)O[C@@H](n3cnc4c(N)ncnc43)[C@H]2O1. The third-order valence-electron chi connectivity index (χ3n) is 10.8. The van der Waals surface area contributed by atoms with E-state index in [9.17, 15) is 9.59 Å². The van der Waals surface area contributed by atoms with Crippen molar-refractivity contribution in [3.8, 4) is 11.5 Å². The molecule has 0 bridgehead atoms. The van der Waals surface area contributed by atoms with E-state index in [-0.39, 0.29) is 35.4 Å². The zero-order valence-electron chi connectivity index (χ0n) is 30.6. The Labute approximate surface area is 317 Å². The van der Waals surface area contributed by atoms with Gasteiger partial charge in [0.1, 0.15) is 30.2 Å². The van der Waals surface area contributed by atoms with Crippen molar-refractivity contribution in [3.63, 3.8) is 0 Å². The Balaban J connectivity index is 0.990. The topological polar surface area (TPSA) is 162 Å². The summed E-state index contributed by atoms with van der Waals surface area (Å²) in [6.45, 7) is 3.87. The van der Waals surface area contributed by atoms with Crippen molar-refractivity contribution in [2.45, 2.75) is 82.1 Å². The number of Topliss-reactive ketones (excluding diaryl/α,β-unsaturated/α-hetero) is 1. The number of ether oxygens (including phenoxy) is 5. The molecule has 282 valence electrons. The number of rotatable bonds is 9. The minimum absolute atomic E-state index is 0.0148. The number of benzene rings is 3. The highest BCUT2D eigenvalue weighted by atomic mass is 16.8. The highest BCUT2D eigenvalue weighted by molar-refractivity contribution is 6.04. The van der Waals surface area contributed by atoms with Gasteiger partial charge in [-0.1, -0.05) is 92.1 Å². The Bertz CT molecular complexity index is 2230. The molecule has 3 aliphatic heterocycles. The maximum atomic E-state index is 14.2. The molecular formula is C42H42N6O7. The van der Waals surface area contributed by atoms with E-state index >= 15 is 0 Å². The third-order valence-corrected chi connectivity index (χ3v) is 10.8. The van der Waals surface area contributed by atoms with Gasteiger partial charge in [0.25, 0.3) is 5.91 Å². The Morgan fingerprint density at radius 3 is 2.35 bits per heavy atom. The highest BCUT2D eigenvalue weighted by Gasteiger charge is 2.55. The van der Waals surface area contributed by atoms with Crippen molar-refractivity contribution in [2.24, 2.45) is 5.92 Å². The van der Waals surface area contributed by atoms with E-state index in [0.29, 0.717) is 22.5 Å². The maximum absolute atomic E-state index is 14.2. The first kappa shape index (κ1) is 35.1. The fourth-order valence-corrected chi connectivity index (χ4v) is 8.22. The van der Waals surface area contributed by atoms with Gasteiger partial charge in [-0.15, -0.1) is 0 Å².